The molecule has 7 heteroatoms. The second-order valence-corrected chi connectivity index (χ2v) is 6.38. The summed E-state index contributed by atoms with van der Waals surface area (Å²) in [5, 5.41) is 7.08. The van der Waals surface area contributed by atoms with E-state index in [-0.39, 0.29) is 0 Å². The molecule has 0 fully saturated rings. The first kappa shape index (κ1) is 16.5. The van der Waals surface area contributed by atoms with Gasteiger partial charge in [-0.2, -0.15) is 0 Å². The van der Waals surface area contributed by atoms with Crippen LogP contribution in [0.15, 0.2) is 59.3 Å². The van der Waals surface area contributed by atoms with Gasteiger partial charge < -0.3 is 16.4 Å². The van der Waals surface area contributed by atoms with Crippen LogP contribution in [0.25, 0.3) is 0 Å². The average Bonchev–Trinajstić information content (AvgIpc) is 2.59. The standard InChI is InChI=1S/C17H15BrClN5/c18-12-5-7-13(8-6-12)24-17-15(20)16(22-10-23-17)21-9-11-3-1-2-4-14(11)19/h1-8,10H,9,20H2,(H2,21,22,23,24). The first-order chi connectivity index (χ1) is 11.6. The Kier molecular flexibility index (Phi) is 5.17. The second kappa shape index (κ2) is 7.51. The minimum atomic E-state index is 0.451. The summed E-state index contributed by atoms with van der Waals surface area (Å²) in [6, 6.07) is 15.4. The second-order valence-electron chi connectivity index (χ2n) is 5.06. The summed E-state index contributed by atoms with van der Waals surface area (Å²) < 4.78 is 1.01. The van der Waals surface area contributed by atoms with Gasteiger partial charge in [0.15, 0.2) is 11.6 Å². The smallest absolute Gasteiger partial charge is 0.159 e. The molecule has 3 aromatic rings. The van der Waals surface area contributed by atoms with Gasteiger partial charge in [0.05, 0.1) is 0 Å². The SMILES string of the molecule is Nc1c(NCc2ccccc2Cl)ncnc1Nc1ccc(Br)cc1. The molecule has 24 heavy (non-hydrogen) atoms. The molecule has 0 saturated carbocycles. The van der Waals surface area contributed by atoms with E-state index in [1.54, 1.807) is 0 Å². The van der Waals surface area contributed by atoms with Crippen LogP contribution in [-0.2, 0) is 6.54 Å². The van der Waals surface area contributed by atoms with Crippen molar-refractivity contribution in [2.24, 2.45) is 0 Å². The Balaban J connectivity index is 1.75. The molecule has 5 nitrogen and oxygen atoms in total. The van der Waals surface area contributed by atoms with Crippen LogP contribution in [-0.4, -0.2) is 9.97 Å². The average molecular weight is 405 g/mol. The van der Waals surface area contributed by atoms with Crippen molar-refractivity contribution in [2.75, 3.05) is 16.4 Å². The van der Waals surface area contributed by atoms with Crippen LogP contribution in [0.4, 0.5) is 23.0 Å². The molecule has 0 spiro atoms. The van der Waals surface area contributed by atoms with Gasteiger partial charge >= 0.3 is 0 Å². The summed E-state index contributed by atoms with van der Waals surface area (Å²) in [4.78, 5) is 8.41. The van der Waals surface area contributed by atoms with Crippen molar-refractivity contribution in [1.82, 2.24) is 9.97 Å². The van der Waals surface area contributed by atoms with Gasteiger partial charge in [-0.15, -0.1) is 0 Å². The monoisotopic (exact) mass is 403 g/mol. The van der Waals surface area contributed by atoms with Gasteiger partial charge in [-0.05, 0) is 35.9 Å². The van der Waals surface area contributed by atoms with Crippen molar-refractivity contribution in [3.63, 3.8) is 0 Å². The Hall–Kier alpha value is -2.31. The van der Waals surface area contributed by atoms with Gasteiger partial charge in [0.2, 0.25) is 0 Å². The van der Waals surface area contributed by atoms with Crippen LogP contribution < -0.4 is 16.4 Å². The maximum absolute atomic E-state index is 6.17. The third kappa shape index (κ3) is 3.96. The number of rotatable bonds is 5. The van der Waals surface area contributed by atoms with Crippen molar-refractivity contribution < 1.29 is 0 Å². The normalized spacial score (nSPS) is 10.4. The Morgan fingerprint density at radius 1 is 1.00 bits per heavy atom. The van der Waals surface area contributed by atoms with Crippen LogP contribution in [0.3, 0.4) is 0 Å². The number of hydrogen-bond acceptors (Lipinski definition) is 5. The van der Waals surface area contributed by atoms with Gasteiger partial charge in [-0.3, -0.25) is 0 Å². The predicted molar refractivity (Wildman–Crippen MR) is 103 cm³/mol. The summed E-state index contributed by atoms with van der Waals surface area (Å²) in [5.74, 6) is 1.11. The van der Waals surface area contributed by atoms with Crippen molar-refractivity contribution in [1.29, 1.82) is 0 Å². The Morgan fingerprint density at radius 3 is 2.46 bits per heavy atom. The highest BCUT2D eigenvalue weighted by Gasteiger charge is 2.09. The molecule has 122 valence electrons. The number of hydrogen-bond donors (Lipinski definition) is 3. The lowest BCUT2D eigenvalue weighted by molar-refractivity contribution is 1.09. The largest absolute Gasteiger partial charge is 0.393 e. The van der Waals surface area contributed by atoms with E-state index in [1.807, 2.05) is 48.5 Å². The van der Waals surface area contributed by atoms with Crippen molar-refractivity contribution in [2.45, 2.75) is 6.54 Å². The summed E-state index contributed by atoms with van der Waals surface area (Å²) >= 11 is 9.57. The summed E-state index contributed by atoms with van der Waals surface area (Å²) in [6.45, 7) is 0.526. The van der Waals surface area contributed by atoms with E-state index in [2.05, 4.69) is 36.5 Å². The number of nitrogens with one attached hydrogen (secondary N) is 2. The fourth-order valence-electron chi connectivity index (χ4n) is 2.13. The third-order valence-corrected chi connectivity index (χ3v) is 4.29. The maximum Gasteiger partial charge on any atom is 0.159 e. The molecule has 0 radical (unpaired) electrons. The molecule has 0 atom stereocenters. The maximum atomic E-state index is 6.17. The van der Waals surface area contributed by atoms with Crippen LogP contribution >= 0.6 is 27.5 Å². The van der Waals surface area contributed by atoms with E-state index in [1.165, 1.54) is 6.33 Å². The summed E-state index contributed by atoms with van der Waals surface area (Å²) in [6.07, 6.45) is 1.46. The van der Waals surface area contributed by atoms with E-state index >= 15 is 0 Å². The highest BCUT2D eigenvalue weighted by atomic mass is 79.9. The van der Waals surface area contributed by atoms with Crippen LogP contribution in [0.2, 0.25) is 5.02 Å². The molecular weight excluding hydrogens is 390 g/mol. The molecule has 3 rings (SSSR count). The molecule has 0 amide bonds. The quantitative estimate of drug-likeness (QED) is 0.568. The summed E-state index contributed by atoms with van der Waals surface area (Å²) in [5.41, 5.74) is 8.48. The van der Waals surface area contributed by atoms with Gasteiger partial charge in [-0.1, -0.05) is 45.7 Å². The van der Waals surface area contributed by atoms with E-state index in [9.17, 15) is 0 Å². The number of nitrogen functional groups attached to an aromatic ring is 1. The number of halogens is 2. The van der Waals surface area contributed by atoms with Crippen molar-refractivity contribution >= 4 is 50.5 Å². The van der Waals surface area contributed by atoms with Gasteiger partial charge in [0.25, 0.3) is 0 Å². The molecular formula is C17H15BrClN5. The highest BCUT2D eigenvalue weighted by molar-refractivity contribution is 9.10. The van der Waals surface area contributed by atoms with Gasteiger partial charge in [0.1, 0.15) is 12.0 Å². The lowest BCUT2D eigenvalue weighted by Crippen LogP contribution is -2.08. The van der Waals surface area contributed by atoms with Crippen molar-refractivity contribution in [3.8, 4) is 0 Å². The minimum absolute atomic E-state index is 0.451. The molecule has 4 N–H and O–H groups in total. The van der Waals surface area contributed by atoms with E-state index in [4.69, 9.17) is 17.3 Å². The predicted octanol–water partition coefficient (Wildman–Crippen LogP) is 4.83. The fourth-order valence-corrected chi connectivity index (χ4v) is 2.59. The molecule has 1 heterocycles. The number of nitrogens with two attached hydrogens (primary N) is 1. The first-order valence-corrected chi connectivity index (χ1v) is 8.41. The van der Waals surface area contributed by atoms with Crippen molar-refractivity contribution in [3.05, 3.63) is 69.9 Å². The molecule has 0 aliphatic rings. The number of nitrogens with zero attached hydrogens (tertiary/aromatic N) is 2. The minimum Gasteiger partial charge on any atom is -0.393 e. The molecule has 0 saturated heterocycles. The summed E-state index contributed by atoms with van der Waals surface area (Å²) in [7, 11) is 0. The molecule has 0 bridgehead atoms. The lowest BCUT2D eigenvalue weighted by atomic mass is 10.2. The molecule has 0 unspecified atom stereocenters. The van der Waals surface area contributed by atoms with E-state index < -0.39 is 0 Å². The zero-order valence-electron chi connectivity index (χ0n) is 12.6. The molecule has 0 aliphatic carbocycles. The van der Waals surface area contributed by atoms with E-state index in [0.717, 1.165) is 15.7 Å². The topological polar surface area (TPSA) is 75.9 Å². The zero-order chi connectivity index (χ0) is 16.9. The molecule has 0 aliphatic heterocycles. The van der Waals surface area contributed by atoms with Crippen LogP contribution in [0.5, 0.6) is 0 Å². The fraction of sp³-hybridized carbons (Fsp3) is 0.0588. The van der Waals surface area contributed by atoms with Crippen LogP contribution in [0, 0.1) is 0 Å². The van der Waals surface area contributed by atoms with Gasteiger partial charge in [0, 0.05) is 21.7 Å². The third-order valence-electron chi connectivity index (χ3n) is 3.39. The Morgan fingerprint density at radius 2 is 1.71 bits per heavy atom. The highest BCUT2D eigenvalue weighted by Crippen LogP contribution is 2.27. The zero-order valence-corrected chi connectivity index (χ0v) is 15.0. The Labute approximate surface area is 153 Å². The van der Waals surface area contributed by atoms with Crippen LogP contribution in [0.1, 0.15) is 5.56 Å². The Bertz CT molecular complexity index is 839. The molecule has 1 aromatic heterocycles. The molecule has 2 aromatic carbocycles. The number of aromatic nitrogens is 2. The van der Waals surface area contributed by atoms with E-state index in [0.29, 0.717) is 28.9 Å². The number of anilines is 4. The lowest BCUT2D eigenvalue weighted by Gasteiger charge is -2.13. The number of benzene rings is 2. The van der Waals surface area contributed by atoms with Gasteiger partial charge in [-0.25, -0.2) is 9.97 Å². The first-order valence-electron chi connectivity index (χ1n) is 7.24.